The molecule has 3 heterocycles. The Bertz CT molecular complexity index is 1120. The summed E-state index contributed by atoms with van der Waals surface area (Å²) >= 11 is 0. The number of para-hydroxylation sites is 1. The molecule has 2 aliphatic rings. The van der Waals surface area contributed by atoms with E-state index in [0.29, 0.717) is 37.5 Å². The van der Waals surface area contributed by atoms with Crippen molar-refractivity contribution >= 4 is 17.6 Å². The number of amides is 2. The third kappa shape index (κ3) is 10.4. The van der Waals surface area contributed by atoms with Gasteiger partial charge in [0.1, 0.15) is 11.8 Å². The summed E-state index contributed by atoms with van der Waals surface area (Å²) in [4.78, 5) is 45.5. The quantitative estimate of drug-likeness (QED) is 0.350. The highest BCUT2D eigenvalue weighted by Gasteiger charge is 2.43. The average molecular weight is 596 g/mol. The van der Waals surface area contributed by atoms with E-state index in [4.69, 9.17) is 10.5 Å². The Morgan fingerprint density at radius 1 is 1.05 bits per heavy atom. The third-order valence-corrected chi connectivity index (χ3v) is 8.22. The number of carbonyl (C=O) groups is 3. The minimum atomic E-state index is -0.620. The van der Waals surface area contributed by atoms with Crippen LogP contribution in [-0.4, -0.2) is 66.3 Å². The van der Waals surface area contributed by atoms with E-state index < -0.39 is 18.1 Å². The molecule has 4 rings (SSSR count). The summed E-state index contributed by atoms with van der Waals surface area (Å²) in [5.74, 6) is 0.821. The van der Waals surface area contributed by atoms with Gasteiger partial charge in [0.05, 0.1) is 13.2 Å². The van der Waals surface area contributed by atoms with E-state index in [9.17, 15) is 14.4 Å². The van der Waals surface area contributed by atoms with Crippen molar-refractivity contribution in [2.75, 3.05) is 26.7 Å². The van der Waals surface area contributed by atoms with E-state index >= 15 is 0 Å². The molecule has 2 fully saturated rings. The van der Waals surface area contributed by atoms with Crippen molar-refractivity contribution in [3.63, 3.8) is 0 Å². The fourth-order valence-electron chi connectivity index (χ4n) is 5.94. The first-order valence-corrected chi connectivity index (χ1v) is 16.0. The van der Waals surface area contributed by atoms with Gasteiger partial charge in [-0.15, -0.1) is 0 Å². The highest BCUT2D eigenvalue weighted by molar-refractivity contribution is 5.92. The molecule has 0 saturated carbocycles. The second-order valence-corrected chi connectivity index (χ2v) is 10.8. The number of pyridine rings is 1. The standard InChI is InChI=1S/C30H41N5O4.2C2H6/c1-20(36)26(8-7-21-9-13-32-14-10-21)34-30(38)27-17-23(22-11-15-33-16-12-22)19-35(27)29(37)18-25(31)24-5-3-4-6-28(24)39-2;2*1-2/h3-6,9-10,13-14,22-23,25-27,33H,7-8,11-12,15-19,31H2,1-2H3,(H,34,38);2*1-2H3/t23?,25-,26-,27-;;/m0../s1. The lowest BCUT2D eigenvalue weighted by Gasteiger charge is -2.28. The number of rotatable bonds is 11. The molecule has 2 aromatic rings. The van der Waals surface area contributed by atoms with Crippen molar-refractivity contribution in [1.82, 2.24) is 20.5 Å². The number of piperidine rings is 1. The van der Waals surface area contributed by atoms with Gasteiger partial charge in [0, 0.05) is 37.0 Å². The number of ether oxygens (including phenoxy) is 1. The maximum atomic E-state index is 13.6. The summed E-state index contributed by atoms with van der Waals surface area (Å²) in [6, 6.07) is 9.45. The lowest BCUT2D eigenvalue weighted by atomic mass is 9.83. The van der Waals surface area contributed by atoms with Gasteiger partial charge in [0.15, 0.2) is 5.78 Å². The number of nitrogens with one attached hydrogen (secondary N) is 2. The number of benzene rings is 1. The first kappa shape index (κ1) is 35.9. The Morgan fingerprint density at radius 2 is 1.70 bits per heavy atom. The number of likely N-dealkylation sites (tertiary alicyclic amines) is 1. The molecule has 9 nitrogen and oxygen atoms in total. The van der Waals surface area contributed by atoms with Crippen molar-refractivity contribution in [2.24, 2.45) is 17.6 Å². The number of nitrogens with two attached hydrogens (primary N) is 1. The van der Waals surface area contributed by atoms with Crippen LogP contribution in [0.5, 0.6) is 5.75 Å². The average Bonchev–Trinajstić information content (AvgIpc) is 3.52. The Morgan fingerprint density at radius 3 is 2.33 bits per heavy atom. The molecule has 238 valence electrons. The summed E-state index contributed by atoms with van der Waals surface area (Å²) in [6.07, 6.45) is 7.30. The first-order valence-electron chi connectivity index (χ1n) is 16.0. The topological polar surface area (TPSA) is 127 Å². The predicted octanol–water partition coefficient (Wildman–Crippen LogP) is 4.46. The Balaban J connectivity index is 0.00000155. The number of aryl methyl sites for hydroxylation is 1. The van der Waals surface area contributed by atoms with Gasteiger partial charge in [-0.2, -0.15) is 0 Å². The van der Waals surface area contributed by atoms with Crippen LogP contribution in [0.25, 0.3) is 0 Å². The number of hydrogen-bond donors (Lipinski definition) is 3. The Labute approximate surface area is 258 Å². The lowest BCUT2D eigenvalue weighted by molar-refractivity contribution is -0.139. The molecule has 0 bridgehead atoms. The Kier molecular flexibility index (Phi) is 15.9. The van der Waals surface area contributed by atoms with E-state index in [0.717, 1.165) is 37.1 Å². The summed E-state index contributed by atoms with van der Waals surface area (Å²) in [5.41, 5.74) is 8.28. The number of nitrogens with zero attached hydrogens (tertiary/aromatic N) is 2. The zero-order valence-electron chi connectivity index (χ0n) is 27.0. The van der Waals surface area contributed by atoms with E-state index in [2.05, 4.69) is 15.6 Å². The van der Waals surface area contributed by atoms with Crippen LogP contribution >= 0.6 is 0 Å². The van der Waals surface area contributed by atoms with Gasteiger partial charge in [0.2, 0.25) is 11.8 Å². The SMILES string of the molecule is CC.CC.COc1ccccc1[C@@H](N)CC(=O)N1CC(C2CCNCC2)C[C@H]1C(=O)N[C@@H](CCc1ccncc1)C(C)=O. The van der Waals surface area contributed by atoms with Crippen LogP contribution in [0.2, 0.25) is 0 Å². The summed E-state index contributed by atoms with van der Waals surface area (Å²) in [6.45, 7) is 11.9. The third-order valence-electron chi connectivity index (χ3n) is 8.22. The highest BCUT2D eigenvalue weighted by atomic mass is 16.5. The van der Waals surface area contributed by atoms with Crippen molar-refractivity contribution in [1.29, 1.82) is 0 Å². The van der Waals surface area contributed by atoms with Gasteiger partial charge >= 0.3 is 0 Å². The number of Topliss-reactive ketones (excluding diaryl/α,β-unsaturated/α-hetero) is 1. The molecule has 0 spiro atoms. The molecule has 4 N–H and O–H groups in total. The van der Waals surface area contributed by atoms with Crippen LogP contribution < -0.4 is 21.1 Å². The molecule has 9 heteroatoms. The summed E-state index contributed by atoms with van der Waals surface area (Å²) in [7, 11) is 1.58. The van der Waals surface area contributed by atoms with E-state index in [1.807, 2.05) is 64.1 Å². The smallest absolute Gasteiger partial charge is 0.243 e. The van der Waals surface area contributed by atoms with Gasteiger partial charge in [-0.05, 0) is 87.7 Å². The molecule has 1 unspecified atom stereocenters. The second kappa shape index (κ2) is 19.1. The van der Waals surface area contributed by atoms with Crippen LogP contribution in [0.3, 0.4) is 0 Å². The van der Waals surface area contributed by atoms with Crippen LogP contribution in [0.4, 0.5) is 0 Å². The number of methoxy groups -OCH3 is 1. The molecule has 0 radical (unpaired) electrons. The highest BCUT2D eigenvalue weighted by Crippen LogP contribution is 2.35. The minimum Gasteiger partial charge on any atom is -0.496 e. The monoisotopic (exact) mass is 595 g/mol. The van der Waals surface area contributed by atoms with Gasteiger partial charge in [-0.3, -0.25) is 19.4 Å². The van der Waals surface area contributed by atoms with Crippen molar-refractivity contribution in [3.8, 4) is 5.75 Å². The largest absolute Gasteiger partial charge is 0.496 e. The zero-order valence-corrected chi connectivity index (χ0v) is 27.0. The molecule has 2 saturated heterocycles. The van der Waals surface area contributed by atoms with E-state index in [1.165, 1.54) is 6.92 Å². The van der Waals surface area contributed by atoms with Gasteiger partial charge in [0.25, 0.3) is 0 Å². The number of ketones is 1. The minimum absolute atomic E-state index is 0.0707. The molecule has 0 aliphatic carbocycles. The maximum Gasteiger partial charge on any atom is 0.243 e. The molecule has 1 aromatic carbocycles. The molecule has 2 amide bonds. The van der Waals surface area contributed by atoms with Crippen LogP contribution in [0.1, 0.15) is 83.9 Å². The van der Waals surface area contributed by atoms with Crippen LogP contribution in [0.15, 0.2) is 48.8 Å². The summed E-state index contributed by atoms with van der Waals surface area (Å²) < 4.78 is 5.44. The first-order chi connectivity index (χ1) is 20.9. The van der Waals surface area contributed by atoms with Crippen LogP contribution in [0, 0.1) is 11.8 Å². The number of aromatic nitrogens is 1. The van der Waals surface area contributed by atoms with Gasteiger partial charge in [-0.25, -0.2) is 0 Å². The zero-order chi connectivity index (χ0) is 31.8. The van der Waals surface area contributed by atoms with Gasteiger partial charge < -0.3 is 26.0 Å². The molecule has 1 aromatic heterocycles. The van der Waals surface area contributed by atoms with Crippen LogP contribution in [-0.2, 0) is 20.8 Å². The second-order valence-electron chi connectivity index (χ2n) is 10.8. The van der Waals surface area contributed by atoms with E-state index in [1.54, 1.807) is 24.4 Å². The van der Waals surface area contributed by atoms with Crippen molar-refractivity contribution in [2.45, 2.75) is 91.3 Å². The van der Waals surface area contributed by atoms with E-state index in [-0.39, 0.29) is 29.9 Å². The molecular weight excluding hydrogens is 542 g/mol. The molecule has 4 atom stereocenters. The summed E-state index contributed by atoms with van der Waals surface area (Å²) in [5, 5.41) is 6.38. The normalized spacial score (nSPS) is 19.6. The number of hydrogen-bond acceptors (Lipinski definition) is 7. The molecule has 2 aliphatic heterocycles. The fourth-order valence-corrected chi connectivity index (χ4v) is 5.94. The molecular formula is C34H53N5O4. The number of carbonyl (C=O) groups excluding carboxylic acids is 3. The van der Waals surface area contributed by atoms with Crippen molar-refractivity contribution < 1.29 is 19.1 Å². The Hall–Kier alpha value is -3.30. The fraction of sp³-hybridized carbons (Fsp3) is 0.588. The molecule has 43 heavy (non-hydrogen) atoms. The lowest BCUT2D eigenvalue weighted by Crippen LogP contribution is -2.50. The van der Waals surface area contributed by atoms with Crippen molar-refractivity contribution in [3.05, 3.63) is 59.9 Å². The maximum absolute atomic E-state index is 13.6. The van der Waals surface area contributed by atoms with Gasteiger partial charge in [-0.1, -0.05) is 45.9 Å². The predicted molar refractivity (Wildman–Crippen MR) is 172 cm³/mol.